The summed E-state index contributed by atoms with van der Waals surface area (Å²) in [6.07, 6.45) is 0. The lowest BCUT2D eigenvalue weighted by Gasteiger charge is -2.12. The molecule has 0 bridgehead atoms. The van der Waals surface area contributed by atoms with Crippen LogP contribution in [0, 0.1) is 0 Å². The second kappa shape index (κ2) is 10.8. The third-order valence-corrected chi connectivity index (χ3v) is 12.8. The molecular weight excluding hydrogens is 689 g/mol. The van der Waals surface area contributed by atoms with Crippen LogP contribution in [0.1, 0.15) is 0 Å². The molecular formula is C50H28N4S. The summed E-state index contributed by atoms with van der Waals surface area (Å²) in [5.74, 6) is 0.665. The first kappa shape index (κ1) is 29.4. The van der Waals surface area contributed by atoms with Crippen LogP contribution < -0.4 is 0 Å². The fourth-order valence-electron chi connectivity index (χ4n) is 9.31. The summed E-state index contributed by atoms with van der Waals surface area (Å²) >= 11 is 1.84. The molecule has 0 saturated carbocycles. The molecule has 0 amide bonds. The monoisotopic (exact) mass is 716 g/mol. The van der Waals surface area contributed by atoms with Gasteiger partial charge in [0.25, 0.3) is 0 Å². The van der Waals surface area contributed by atoms with Gasteiger partial charge in [-0.05, 0) is 59.7 Å². The maximum absolute atomic E-state index is 5.48. The average molecular weight is 717 g/mol. The van der Waals surface area contributed by atoms with Gasteiger partial charge in [0.05, 0.1) is 38.8 Å². The summed E-state index contributed by atoms with van der Waals surface area (Å²) in [5.41, 5.74) is 11.2. The van der Waals surface area contributed by atoms with E-state index in [9.17, 15) is 0 Å². The Kier molecular flexibility index (Phi) is 5.74. The number of thiophene rings is 1. The minimum atomic E-state index is 0.665. The van der Waals surface area contributed by atoms with Crippen LogP contribution in [0.5, 0.6) is 0 Å². The van der Waals surface area contributed by atoms with Crippen molar-refractivity contribution in [1.29, 1.82) is 0 Å². The van der Waals surface area contributed by atoms with Gasteiger partial charge < -0.3 is 4.40 Å². The molecule has 0 saturated heterocycles. The Bertz CT molecular complexity index is 3730. The Morgan fingerprint density at radius 3 is 1.87 bits per heavy atom. The molecule has 0 N–H and O–H groups in total. The lowest BCUT2D eigenvalue weighted by atomic mass is 9.96. The van der Waals surface area contributed by atoms with Crippen LogP contribution in [-0.2, 0) is 0 Å². The lowest BCUT2D eigenvalue weighted by Crippen LogP contribution is -2.03. The highest BCUT2D eigenvalue weighted by Crippen LogP contribution is 2.45. The second-order valence-corrected chi connectivity index (χ2v) is 15.6. The quantitative estimate of drug-likeness (QED) is 0.182. The molecule has 13 aromatic rings. The number of para-hydroxylation sites is 4. The number of fused-ring (bicyclic) bond motifs is 13. The van der Waals surface area contributed by atoms with Gasteiger partial charge in [-0.2, -0.15) is 0 Å². The van der Waals surface area contributed by atoms with Gasteiger partial charge in [0.15, 0.2) is 0 Å². The van der Waals surface area contributed by atoms with Crippen LogP contribution >= 0.6 is 11.3 Å². The highest BCUT2D eigenvalue weighted by Gasteiger charge is 2.22. The summed E-state index contributed by atoms with van der Waals surface area (Å²) in [4.78, 5) is 10.8. The number of hydrogen-bond donors (Lipinski definition) is 0. The van der Waals surface area contributed by atoms with Gasteiger partial charge in [0.1, 0.15) is 0 Å². The number of rotatable bonds is 3. The van der Waals surface area contributed by atoms with Gasteiger partial charge in [-0.15, -0.1) is 11.3 Å². The third kappa shape index (κ3) is 3.94. The Balaban J connectivity index is 1.09. The van der Waals surface area contributed by atoms with Crippen molar-refractivity contribution in [3.05, 3.63) is 170 Å². The molecule has 0 radical (unpaired) electrons. The number of hydrogen-bond acceptors (Lipinski definition) is 3. The van der Waals surface area contributed by atoms with E-state index in [-0.39, 0.29) is 0 Å². The van der Waals surface area contributed by atoms with Crippen molar-refractivity contribution in [2.45, 2.75) is 0 Å². The van der Waals surface area contributed by atoms with Crippen LogP contribution in [0.3, 0.4) is 0 Å². The Labute approximate surface area is 318 Å². The van der Waals surface area contributed by atoms with Crippen molar-refractivity contribution in [3.63, 3.8) is 0 Å². The average Bonchev–Trinajstić information content (AvgIpc) is 3.98. The zero-order valence-corrected chi connectivity index (χ0v) is 30.2. The third-order valence-electron chi connectivity index (χ3n) is 11.7. The highest BCUT2D eigenvalue weighted by molar-refractivity contribution is 7.25. The van der Waals surface area contributed by atoms with E-state index in [4.69, 9.17) is 9.97 Å². The molecule has 55 heavy (non-hydrogen) atoms. The van der Waals surface area contributed by atoms with Crippen LogP contribution in [0.2, 0.25) is 0 Å². The molecule has 8 aromatic carbocycles. The summed E-state index contributed by atoms with van der Waals surface area (Å²) in [6.45, 7) is 0. The summed E-state index contributed by atoms with van der Waals surface area (Å²) in [5, 5.41) is 11.1. The zero-order chi connectivity index (χ0) is 35.8. The van der Waals surface area contributed by atoms with Crippen molar-refractivity contribution in [2.24, 2.45) is 0 Å². The van der Waals surface area contributed by atoms with Crippen LogP contribution in [0.15, 0.2) is 170 Å². The predicted molar refractivity (Wildman–Crippen MR) is 232 cm³/mol. The van der Waals surface area contributed by atoms with E-state index in [0.29, 0.717) is 5.95 Å². The van der Waals surface area contributed by atoms with E-state index in [1.807, 2.05) is 11.3 Å². The molecule has 5 aromatic heterocycles. The number of aromatic nitrogens is 4. The van der Waals surface area contributed by atoms with Gasteiger partial charge in [-0.25, -0.2) is 9.97 Å². The number of nitrogens with zero attached hydrogens (tertiary/aromatic N) is 4. The smallest absolute Gasteiger partial charge is 0.235 e. The lowest BCUT2D eigenvalue weighted by molar-refractivity contribution is 1.01. The van der Waals surface area contributed by atoms with E-state index < -0.39 is 0 Å². The standard InChI is InChI=1S/C50H28N4S/c1-6-16-40-37(14-1)48(30-22-26-46-39(27-30)35-13-5-10-20-45(35)55-46)52-50(51-40)54-42-18-8-2-11-32(42)34-23-21-29(28-44(34)54)31-24-25-36-33-12-3-7-17-41(33)53-43-19-9-4-15-38(43)47(31)49(36)53/h1-28H. The molecule has 5 heterocycles. The molecule has 0 aliphatic carbocycles. The summed E-state index contributed by atoms with van der Waals surface area (Å²) < 4.78 is 7.30. The van der Waals surface area contributed by atoms with E-state index in [2.05, 4.69) is 179 Å². The van der Waals surface area contributed by atoms with Gasteiger partial charge in [-0.1, -0.05) is 121 Å². The van der Waals surface area contributed by atoms with Gasteiger partial charge >= 0.3 is 0 Å². The molecule has 0 aliphatic heterocycles. The fraction of sp³-hybridized carbons (Fsp3) is 0. The zero-order valence-electron chi connectivity index (χ0n) is 29.4. The molecule has 0 spiro atoms. The summed E-state index contributed by atoms with van der Waals surface area (Å²) in [6, 6.07) is 61.6. The molecule has 254 valence electrons. The van der Waals surface area contributed by atoms with Gasteiger partial charge in [0.2, 0.25) is 5.95 Å². The first-order valence-corrected chi connectivity index (χ1v) is 19.5. The molecule has 13 rings (SSSR count). The van der Waals surface area contributed by atoms with Crippen molar-refractivity contribution < 1.29 is 0 Å². The maximum Gasteiger partial charge on any atom is 0.235 e. The minimum absolute atomic E-state index is 0.665. The van der Waals surface area contributed by atoms with Crippen molar-refractivity contribution >= 4 is 102 Å². The molecule has 5 heteroatoms. The Morgan fingerprint density at radius 1 is 0.400 bits per heavy atom. The molecule has 0 aliphatic rings. The van der Waals surface area contributed by atoms with Gasteiger partial charge in [-0.3, -0.25) is 4.57 Å². The number of benzene rings is 8. The normalized spacial score (nSPS) is 12.4. The molecule has 0 unspecified atom stereocenters. The molecule has 0 fully saturated rings. The van der Waals surface area contributed by atoms with E-state index in [0.717, 1.165) is 38.8 Å². The molecule has 0 atom stereocenters. The predicted octanol–water partition coefficient (Wildman–Crippen LogP) is 13.6. The SMILES string of the molecule is c1ccc2c(-c3ccc4sc5ccccc5c4c3)nc(-n3c4ccccc4c4ccc(-c5ccc6c7ccccc7n7c8ccccc8c5c67)cc43)nc2c1. The summed E-state index contributed by atoms with van der Waals surface area (Å²) in [7, 11) is 0. The largest absolute Gasteiger partial charge is 0.308 e. The Hall–Kier alpha value is -7.08. The van der Waals surface area contributed by atoms with E-state index in [1.54, 1.807) is 0 Å². The first-order chi connectivity index (χ1) is 27.3. The van der Waals surface area contributed by atoms with Crippen LogP contribution in [0.25, 0.3) is 119 Å². The highest BCUT2D eigenvalue weighted by atomic mass is 32.1. The van der Waals surface area contributed by atoms with Gasteiger partial charge in [0, 0.05) is 63.4 Å². The Morgan fingerprint density at radius 2 is 1.02 bits per heavy atom. The van der Waals surface area contributed by atoms with E-state index >= 15 is 0 Å². The minimum Gasteiger partial charge on any atom is -0.308 e. The molecule has 4 nitrogen and oxygen atoms in total. The van der Waals surface area contributed by atoms with Crippen molar-refractivity contribution in [1.82, 2.24) is 18.9 Å². The van der Waals surface area contributed by atoms with Crippen molar-refractivity contribution in [3.8, 4) is 28.3 Å². The first-order valence-electron chi connectivity index (χ1n) is 18.7. The topological polar surface area (TPSA) is 35.1 Å². The van der Waals surface area contributed by atoms with Crippen LogP contribution in [0.4, 0.5) is 0 Å². The second-order valence-electron chi connectivity index (χ2n) is 14.5. The van der Waals surface area contributed by atoms with E-state index in [1.165, 1.54) is 74.6 Å². The van der Waals surface area contributed by atoms with Crippen molar-refractivity contribution in [2.75, 3.05) is 0 Å². The fourth-order valence-corrected chi connectivity index (χ4v) is 10.4. The van der Waals surface area contributed by atoms with Crippen LogP contribution in [-0.4, -0.2) is 18.9 Å². The maximum atomic E-state index is 5.48.